The number of aliphatic hydroxyl groups is 3. The van der Waals surface area contributed by atoms with Gasteiger partial charge in [0.05, 0.1) is 77.1 Å². The normalized spacial score (nSPS) is 22.7. The molecule has 142 heavy (non-hydrogen) atoms. The van der Waals surface area contributed by atoms with Crippen LogP contribution in [0.25, 0.3) is 130 Å². The van der Waals surface area contributed by atoms with E-state index in [1.165, 1.54) is 37.3 Å². The van der Waals surface area contributed by atoms with E-state index in [2.05, 4.69) is 50.0 Å². The van der Waals surface area contributed by atoms with E-state index in [0.717, 1.165) is 169 Å². The van der Waals surface area contributed by atoms with Gasteiger partial charge in [0.1, 0.15) is 86.7 Å². The van der Waals surface area contributed by atoms with Gasteiger partial charge >= 0.3 is 33.8 Å². The summed E-state index contributed by atoms with van der Waals surface area (Å²) in [5.74, 6) is 9.59. The van der Waals surface area contributed by atoms with Crippen molar-refractivity contribution in [2.24, 2.45) is 22.2 Å². The first-order chi connectivity index (χ1) is 68.4. The number of aliphatic hydroxyl groups excluding tert-OH is 3. The Kier molecular flexibility index (Phi) is 25.2. The molecule has 23 nitrogen and oxygen atoms in total. The van der Waals surface area contributed by atoms with Gasteiger partial charge in [0.25, 0.3) is 0 Å². The van der Waals surface area contributed by atoms with Crippen LogP contribution in [0.2, 0.25) is 0 Å². The number of phenols is 1. The van der Waals surface area contributed by atoms with Crippen molar-refractivity contribution in [1.29, 1.82) is 0 Å². The molecule has 12 aromatic carbocycles. The van der Waals surface area contributed by atoms with Crippen molar-refractivity contribution in [3.05, 3.63) is 320 Å². The molecule has 0 radical (unpaired) electrons. The zero-order valence-corrected chi connectivity index (χ0v) is 80.4. The molecule has 4 N–H and O–H groups in total. The molecule has 5 atom stereocenters. The number of phenolic OH excluding ortho intramolecular Hbond substituents is 1. The van der Waals surface area contributed by atoms with Crippen LogP contribution in [-0.4, -0.2) is 103 Å². The smallest absolute Gasteiger partial charge is 0.344 e. The van der Waals surface area contributed by atoms with Crippen LogP contribution in [-0.2, 0) is 19.6 Å². The average Bonchev–Trinajstić information content (AvgIpc) is 0.681. The Hall–Kier alpha value is -14.2. The monoisotopic (exact) mass is 1910 g/mol. The predicted molar refractivity (Wildman–Crippen MR) is 550 cm³/mol. The van der Waals surface area contributed by atoms with Crippen LogP contribution >= 0.6 is 0 Å². The molecule has 2 aliphatic heterocycles. The lowest BCUT2D eigenvalue weighted by atomic mass is 9.34. The van der Waals surface area contributed by atoms with Gasteiger partial charge in [-0.15, -0.1) is 0 Å². The Morgan fingerprint density at radius 1 is 0.373 bits per heavy atom. The highest BCUT2D eigenvalue weighted by Gasteiger charge is 2.68. The van der Waals surface area contributed by atoms with Crippen LogP contribution in [0.5, 0.6) is 28.7 Å². The first-order valence-electron chi connectivity index (χ1n) is 48.9. The molecule has 23 heteroatoms. The molecule has 7 aliphatic carbocycles. The molecule has 9 aliphatic rings. The van der Waals surface area contributed by atoms with Gasteiger partial charge in [-0.3, -0.25) is 0 Å². The Balaban J connectivity index is 0.000000101. The highest BCUT2D eigenvalue weighted by molar-refractivity contribution is 6.10. The SMILES string of the molecule is CC1(C#Cc2ccc3c(c2)c(=O)oc2cc(O)ccc23)CCC1.COCC12CC(c3ccc4c(c3)c(=O)oc3cc(C)ccc34)(C1)C2.Cc1ccc2c(c1)oc(=O)c1cc(OC3CC(C)CC(O)C3)ccc12.Cc1ccc2c(c1)oc(=O)c1cc(OC3CC(O)C3)ccc12.Cc1ccc2c(c1)oc(=O)c1cc(OC3CC4(CCOC4)C3)ccc12.Cc1ccc2c(c1)oc(=O)c1cc(OC3COCC3O)ccc12. The van der Waals surface area contributed by atoms with Gasteiger partial charge in [0.2, 0.25) is 0 Å². The fourth-order valence-corrected chi connectivity index (χ4v) is 22.1. The van der Waals surface area contributed by atoms with E-state index in [1.807, 2.05) is 180 Å². The summed E-state index contributed by atoms with van der Waals surface area (Å²) in [7, 11) is 1.78. The molecule has 724 valence electrons. The molecule has 8 heterocycles. The highest BCUT2D eigenvalue weighted by Crippen LogP contribution is 2.73. The Morgan fingerprint density at radius 3 is 1.12 bits per heavy atom. The number of methoxy groups -OCH3 is 1. The summed E-state index contributed by atoms with van der Waals surface area (Å²) in [6.45, 7) is 17.4. The molecule has 6 aromatic heterocycles. The van der Waals surface area contributed by atoms with Crippen LogP contribution in [0.4, 0.5) is 0 Å². The molecular formula is C119H110O23. The number of hydrogen-bond donors (Lipinski definition) is 4. The number of aryl methyl sites for hydroxylation is 5. The number of fused-ring (bicyclic) bond motifs is 18. The number of aromatic hydroxyl groups is 1. The predicted octanol–water partition coefficient (Wildman–Crippen LogP) is 22.5. The van der Waals surface area contributed by atoms with E-state index in [9.17, 15) is 49.2 Å². The lowest BCUT2D eigenvalue weighted by Gasteiger charge is -2.71. The summed E-state index contributed by atoms with van der Waals surface area (Å²) >= 11 is 0. The number of benzene rings is 12. The third kappa shape index (κ3) is 19.0. The Bertz CT molecular complexity index is 8480. The van der Waals surface area contributed by atoms with E-state index in [1.54, 1.807) is 49.6 Å². The molecule has 5 unspecified atom stereocenters. The summed E-state index contributed by atoms with van der Waals surface area (Å²) in [6, 6.07) is 68.4. The molecule has 2 saturated heterocycles. The zero-order valence-electron chi connectivity index (χ0n) is 80.4. The Morgan fingerprint density at radius 2 is 0.739 bits per heavy atom. The topological polar surface area (TPSA) is 327 Å². The van der Waals surface area contributed by atoms with Crippen LogP contribution < -0.4 is 52.7 Å². The molecule has 2 bridgehead atoms. The number of hydrogen-bond acceptors (Lipinski definition) is 23. The van der Waals surface area contributed by atoms with E-state index >= 15 is 0 Å². The first-order valence-corrected chi connectivity index (χ1v) is 48.9. The lowest BCUT2D eigenvalue weighted by Crippen LogP contribution is -2.66. The van der Waals surface area contributed by atoms with Gasteiger partial charge in [-0.2, -0.15) is 0 Å². The number of rotatable bonds is 11. The summed E-state index contributed by atoms with van der Waals surface area (Å²) < 4.78 is 72.4. The van der Waals surface area contributed by atoms with E-state index < -0.39 is 23.5 Å². The highest BCUT2D eigenvalue weighted by atomic mass is 16.6. The molecule has 1 spiro atoms. The van der Waals surface area contributed by atoms with Gasteiger partial charge < -0.3 is 80.1 Å². The van der Waals surface area contributed by atoms with Crippen molar-refractivity contribution in [3.63, 3.8) is 0 Å². The van der Waals surface area contributed by atoms with E-state index in [0.29, 0.717) is 126 Å². The molecule has 18 aromatic rings. The van der Waals surface area contributed by atoms with Crippen molar-refractivity contribution in [2.45, 2.75) is 187 Å². The number of ether oxygens (including phenoxy) is 7. The van der Waals surface area contributed by atoms with Crippen molar-refractivity contribution in [3.8, 4) is 40.6 Å². The van der Waals surface area contributed by atoms with Crippen LogP contribution in [0, 0.1) is 68.6 Å². The third-order valence-electron chi connectivity index (χ3n) is 29.7. The lowest BCUT2D eigenvalue weighted by molar-refractivity contribution is -0.174. The quantitative estimate of drug-likeness (QED) is 0.0531. The van der Waals surface area contributed by atoms with E-state index in [4.69, 9.17) is 59.7 Å². The van der Waals surface area contributed by atoms with Crippen molar-refractivity contribution < 1.29 is 80.1 Å². The van der Waals surface area contributed by atoms with Crippen LogP contribution in [0.3, 0.4) is 0 Å². The van der Waals surface area contributed by atoms with Crippen molar-refractivity contribution in [1.82, 2.24) is 0 Å². The maximum atomic E-state index is 12.5. The third-order valence-corrected chi connectivity index (χ3v) is 29.7. The summed E-state index contributed by atoms with van der Waals surface area (Å²) in [4.78, 5) is 74.0. The van der Waals surface area contributed by atoms with E-state index in [-0.39, 0.29) is 76.2 Å². The summed E-state index contributed by atoms with van der Waals surface area (Å²) in [6.07, 6.45) is 12.5. The standard InChI is InChI=1S/C21H20O4.C21H22O4.C21H20O3.C20H16O3.C18H16O5.C18H16O4/c1-13-2-4-17-16-5-3-14(9-18(16)20(22)25-19(17)8-13)24-15-10-21(11-15)6-7-23-12-21;1-12-3-5-18-17-6-4-15(11-19(17)21(23)25-20(18)9-12)24-16-8-13(2)7-14(22)10-16;1-13-3-5-16-15-6-4-14(8-17(15)19(22)24-18(16)7-13)21-9-20(10-21,11-21)12-23-2;1-20(8-2-9-20)10-7-13-3-5-15-16-6-4-14(21)12-18(16)23-19(22)17(15)11-13;1-10-2-4-13-12-5-3-11(22-17-9-21-8-15(17)19)7-14(12)18(20)23-16(13)6-10;1-10-2-4-15-14-5-3-12(21-13-7-11(19)8-13)9-16(14)18(20)22-17(15)6-10/h2-5,8-9,15H,6-7,10-12H2,1H3;3-6,9,11,13-14,16,22H,7-8,10H2,1-2H3;3-8H,9-12H2,1-2H3;3-6,11-12,21H,2,8-9H2,1H3;2-7,15,17,19H,8-9H2,1H3;2-6,9,11,13,19H,7-8H2,1H3. The molecule has 9 fully saturated rings. The fraction of sp³-hybridized carbons (Fsp3) is 0.328. The molecular weight excluding hydrogens is 1800 g/mol. The average molecular weight is 1910 g/mol. The molecule has 27 rings (SSSR count). The van der Waals surface area contributed by atoms with Gasteiger partial charge in [0, 0.05) is 115 Å². The second-order valence-electron chi connectivity index (χ2n) is 41.1. The van der Waals surface area contributed by atoms with Gasteiger partial charge in [-0.25, -0.2) is 28.8 Å². The molecule has 7 saturated carbocycles. The van der Waals surface area contributed by atoms with Crippen LogP contribution in [0.1, 0.15) is 143 Å². The van der Waals surface area contributed by atoms with Gasteiger partial charge in [-0.05, 0) is 295 Å². The van der Waals surface area contributed by atoms with Gasteiger partial charge in [0.15, 0.2) is 0 Å². The summed E-state index contributed by atoms with van der Waals surface area (Å²) in [5.41, 5.74) is 9.99. The van der Waals surface area contributed by atoms with Crippen molar-refractivity contribution >= 4 is 130 Å². The van der Waals surface area contributed by atoms with Crippen LogP contribution in [0.15, 0.2) is 274 Å². The maximum absolute atomic E-state index is 12.5. The largest absolute Gasteiger partial charge is 0.508 e. The minimum atomic E-state index is -0.651. The first kappa shape index (κ1) is 94.0. The minimum absolute atomic E-state index is 0.0219. The molecule has 0 amide bonds. The minimum Gasteiger partial charge on any atom is -0.508 e. The Labute approximate surface area is 815 Å². The fourth-order valence-electron chi connectivity index (χ4n) is 22.1. The maximum Gasteiger partial charge on any atom is 0.344 e. The van der Waals surface area contributed by atoms with Gasteiger partial charge in [-0.1, -0.05) is 104 Å². The summed E-state index contributed by atoms with van der Waals surface area (Å²) in [5, 5.41) is 52.6. The van der Waals surface area contributed by atoms with Crippen molar-refractivity contribution in [2.75, 3.05) is 40.1 Å². The zero-order chi connectivity index (χ0) is 98.4. The second-order valence-corrected chi connectivity index (χ2v) is 41.1. The second kappa shape index (κ2) is 38.0.